The lowest BCUT2D eigenvalue weighted by Gasteiger charge is -2.13. The van der Waals surface area contributed by atoms with E-state index >= 15 is 0 Å². The minimum Gasteiger partial charge on any atom is -0.396 e. The fourth-order valence-corrected chi connectivity index (χ4v) is 2.48. The highest BCUT2D eigenvalue weighted by Gasteiger charge is 2.16. The average molecular weight is 305 g/mol. The molecule has 6 heteroatoms. The maximum Gasteiger partial charge on any atom is 0.295 e. The van der Waals surface area contributed by atoms with E-state index in [-0.39, 0.29) is 12.5 Å². The molecule has 0 unspecified atom stereocenters. The first-order valence-electron chi connectivity index (χ1n) is 7.53. The molecule has 0 atom stereocenters. The number of hydroxylamine groups is 2. The summed E-state index contributed by atoms with van der Waals surface area (Å²) in [6.07, 6.45) is 6.44. The lowest BCUT2D eigenvalue weighted by molar-refractivity contribution is -0.0760. The van der Waals surface area contributed by atoms with Crippen LogP contribution in [0.5, 0.6) is 0 Å². The number of fused-ring (bicyclic) bond motifs is 1. The zero-order valence-electron chi connectivity index (χ0n) is 13.4. The molecule has 0 aromatic carbocycles. The summed E-state index contributed by atoms with van der Waals surface area (Å²) in [5.74, 6) is -0.273. The molecule has 0 saturated carbocycles. The zero-order chi connectivity index (χ0) is 16.1. The molecular formula is C16H23N3O3. The molecule has 1 N–H and O–H groups in total. The topological polar surface area (TPSA) is 67.6 Å². The van der Waals surface area contributed by atoms with Crippen molar-refractivity contribution >= 4 is 16.8 Å². The van der Waals surface area contributed by atoms with Gasteiger partial charge in [-0.3, -0.25) is 14.6 Å². The third kappa shape index (κ3) is 3.28. The first kappa shape index (κ1) is 16.5. The molecule has 0 saturated heterocycles. The van der Waals surface area contributed by atoms with Crippen molar-refractivity contribution in [2.24, 2.45) is 0 Å². The van der Waals surface area contributed by atoms with Gasteiger partial charge in [-0.15, -0.1) is 0 Å². The van der Waals surface area contributed by atoms with Crippen molar-refractivity contribution in [3.8, 4) is 0 Å². The van der Waals surface area contributed by atoms with E-state index in [0.29, 0.717) is 5.69 Å². The molecule has 0 aliphatic rings. The highest BCUT2D eigenvalue weighted by atomic mass is 16.7. The van der Waals surface area contributed by atoms with Crippen LogP contribution in [-0.2, 0) is 17.8 Å². The number of amides is 1. The SMILES string of the molecule is CCc1cn(CCCCO)c2cc(C(=O)N(C)OC)ncc12. The molecule has 6 nitrogen and oxygen atoms in total. The van der Waals surface area contributed by atoms with Crippen molar-refractivity contribution in [3.63, 3.8) is 0 Å². The summed E-state index contributed by atoms with van der Waals surface area (Å²) in [4.78, 5) is 21.4. The van der Waals surface area contributed by atoms with Crippen molar-refractivity contribution in [3.05, 3.63) is 29.7 Å². The number of aliphatic hydroxyl groups excluding tert-OH is 1. The normalized spacial score (nSPS) is 11.1. The molecular weight excluding hydrogens is 282 g/mol. The van der Waals surface area contributed by atoms with Gasteiger partial charge in [-0.25, -0.2) is 5.06 Å². The summed E-state index contributed by atoms with van der Waals surface area (Å²) in [6, 6.07) is 1.81. The van der Waals surface area contributed by atoms with Gasteiger partial charge >= 0.3 is 0 Å². The largest absolute Gasteiger partial charge is 0.396 e. The number of unbranched alkanes of at least 4 members (excludes halogenated alkanes) is 1. The summed E-state index contributed by atoms with van der Waals surface area (Å²) >= 11 is 0. The van der Waals surface area contributed by atoms with E-state index in [1.54, 1.807) is 13.2 Å². The standard InChI is InChI=1S/C16H23N3O3/c1-4-12-11-19(7-5-6-8-20)15-9-14(17-10-13(12)15)16(21)18(2)22-3/h9-11,20H,4-8H2,1-3H3. The highest BCUT2D eigenvalue weighted by molar-refractivity contribution is 5.95. The minimum absolute atomic E-state index is 0.198. The van der Waals surface area contributed by atoms with E-state index in [1.807, 2.05) is 6.07 Å². The van der Waals surface area contributed by atoms with Crippen molar-refractivity contribution in [1.29, 1.82) is 0 Å². The van der Waals surface area contributed by atoms with Crippen molar-refractivity contribution in [1.82, 2.24) is 14.6 Å². The fraction of sp³-hybridized carbons (Fsp3) is 0.500. The first-order chi connectivity index (χ1) is 10.6. The smallest absolute Gasteiger partial charge is 0.295 e. The Labute approximate surface area is 130 Å². The van der Waals surface area contributed by atoms with Crippen LogP contribution >= 0.6 is 0 Å². The van der Waals surface area contributed by atoms with Crippen LogP contribution in [0.15, 0.2) is 18.5 Å². The van der Waals surface area contributed by atoms with Crippen LogP contribution < -0.4 is 0 Å². The molecule has 120 valence electrons. The van der Waals surface area contributed by atoms with Crippen LogP contribution in [-0.4, -0.2) is 46.4 Å². The number of pyridine rings is 1. The molecule has 0 aliphatic carbocycles. The molecule has 0 aliphatic heterocycles. The number of nitrogens with zero attached hydrogens (tertiary/aromatic N) is 3. The van der Waals surface area contributed by atoms with Gasteiger partial charge in [0, 0.05) is 38.0 Å². The number of hydrogen-bond acceptors (Lipinski definition) is 4. The second kappa shape index (κ2) is 7.38. The first-order valence-corrected chi connectivity index (χ1v) is 7.53. The van der Waals surface area contributed by atoms with E-state index in [0.717, 1.165) is 41.8 Å². The molecule has 22 heavy (non-hydrogen) atoms. The van der Waals surface area contributed by atoms with Crippen LogP contribution in [0, 0.1) is 0 Å². The van der Waals surface area contributed by atoms with Crippen molar-refractivity contribution in [2.75, 3.05) is 20.8 Å². The van der Waals surface area contributed by atoms with Gasteiger partial charge in [0.25, 0.3) is 5.91 Å². The third-order valence-electron chi connectivity index (χ3n) is 3.82. The number of carbonyl (C=O) groups excluding carboxylic acids is 1. The van der Waals surface area contributed by atoms with Gasteiger partial charge in [-0.1, -0.05) is 6.92 Å². The number of aliphatic hydroxyl groups is 1. The van der Waals surface area contributed by atoms with Crippen molar-refractivity contribution in [2.45, 2.75) is 32.7 Å². The summed E-state index contributed by atoms with van der Waals surface area (Å²) in [7, 11) is 3.01. The third-order valence-corrected chi connectivity index (χ3v) is 3.82. The van der Waals surface area contributed by atoms with Gasteiger partial charge in [-0.05, 0) is 30.9 Å². The van der Waals surface area contributed by atoms with Gasteiger partial charge in [0.2, 0.25) is 0 Å². The number of rotatable bonds is 7. The van der Waals surface area contributed by atoms with Crippen LogP contribution in [0.3, 0.4) is 0 Å². The second-order valence-electron chi connectivity index (χ2n) is 5.20. The Morgan fingerprint density at radius 3 is 2.86 bits per heavy atom. The highest BCUT2D eigenvalue weighted by Crippen LogP contribution is 2.23. The van der Waals surface area contributed by atoms with E-state index in [1.165, 1.54) is 12.7 Å². The lowest BCUT2D eigenvalue weighted by Crippen LogP contribution is -2.26. The Hall–Kier alpha value is -1.92. The molecule has 2 rings (SSSR count). The molecule has 0 radical (unpaired) electrons. The second-order valence-corrected chi connectivity index (χ2v) is 5.20. The quantitative estimate of drug-likeness (QED) is 0.627. The van der Waals surface area contributed by atoms with E-state index in [2.05, 4.69) is 22.7 Å². The van der Waals surface area contributed by atoms with Crippen LogP contribution in [0.2, 0.25) is 0 Å². The van der Waals surface area contributed by atoms with E-state index in [4.69, 9.17) is 9.94 Å². The predicted molar refractivity (Wildman–Crippen MR) is 84.5 cm³/mol. The summed E-state index contributed by atoms with van der Waals surface area (Å²) in [5.41, 5.74) is 2.57. The van der Waals surface area contributed by atoms with E-state index in [9.17, 15) is 4.79 Å². The Kier molecular flexibility index (Phi) is 5.51. The van der Waals surface area contributed by atoms with Gasteiger partial charge in [-0.2, -0.15) is 0 Å². The lowest BCUT2D eigenvalue weighted by atomic mass is 10.1. The number of aromatic nitrogens is 2. The molecule has 0 bridgehead atoms. The monoisotopic (exact) mass is 305 g/mol. The Morgan fingerprint density at radius 2 is 2.23 bits per heavy atom. The van der Waals surface area contributed by atoms with Crippen LogP contribution in [0.25, 0.3) is 10.9 Å². The zero-order valence-corrected chi connectivity index (χ0v) is 13.4. The van der Waals surface area contributed by atoms with Gasteiger partial charge in [0.05, 0.1) is 12.6 Å². The molecule has 0 spiro atoms. The number of carbonyl (C=O) groups is 1. The van der Waals surface area contributed by atoms with Gasteiger partial charge < -0.3 is 9.67 Å². The summed E-state index contributed by atoms with van der Waals surface area (Å²) < 4.78 is 2.13. The van der Waals surface area contributed by atoms with E-state index < -0.39 is 0 Å². The maximum absolute atomic E-state index is 12.2. The van der Waals surface area contributed by atoms with Gasteiger partial charge in [0.15, 0.2) is 0 Å². The van der Waals surface area contributed by atoms with Crippen molar-refractivity contribution < 1.29 is 14.7 Å². The molecule has 1 amide bonds. The number of aryl methyl sites for hydroxylation is 2. The Morgan fingerprint density at radius 1 is 1.45 bits per heavy atom. The van der Waals surface area contributed by atoms with Crippen LogP contribution in [0.1, 0.15) is 35.8 Å². The summed E-state index contributed by atoms with van der Waals surface area (Å²) in [5, 5.41) is 11.2. The molecule has 0 fully saturated rings. The molecule has 2 aromatic heterocycles. The van der Waals surface area contributed by atoms with Crippen LogP contribution in [0.4, 0.5) is 0 Å². The average Bonchev–Trinajstić information content (AvgIpc) is 2.91. The summed E-state index contributed by atoms with van der Waals surface area (Å²) in [6.45, 7) is 3.11. The number of hydrogen-bond donors (Lipinski definition) is 1. The molecule has 2 heterocycles. The van der Waals surface area contributed by atoms with Gasteiger partial charge in [0.1, 0.15) is 5.69 Å². The maximum atomic E-state index is 12.2. The molecule has 2 aromatic rings. The Bertz CT molecular complexity index is 651. The Balaban J connectivity index is 2.40. The minimum atomic E-state index is -0.273. The fourth-order valence-electron chi connectivity index (χ4n) is 2.48. The predicted octanol–water partition coefficient (Wildman–Crippen LogP) is 2.00.